The summed E-state index contributed by atoms with van der Waals surface area (Å²) in [5.74, 6) is 0.381. The molecule has 0 spiro atoms. The fraction of sp³-hybridized carbons (Fsp3) is 0.889. The number of hydrogen-bond donors (Lipinski definition) is 3. The van der Waals surface area contributed by atoms with E-state index in [0.717, 1.165) is 32.5 Å². The zero-order chi connectivity index (χ0) is 10.1. The molecule has 1 rings (SSSR count). The molecule has 4 N–H and O–H groups in total. The van der Waals surface area contributed by atoms with E-state index in [1.54, 1.807) is 7.05 Å². The second-order valence-electron chi connectivity index (χ2n) is 3.07. The molecular formula is C9H21N3O. The molecule has 0 aromatic rings. The van der Waals surface area contributed by atoms with Crippen LogP contribution in [-0.4, -0.2) is 32.6 Å². The zero-order valence-electron chi connectivity index (χ0n) is 8.60. The summed E-state index contributed by atoms with van der Waals surface area (Å²) in [7, 11) is 1.69. The fourth-order valence-electron chi connectivity index (χ4n) is 1.28. The highest BCUT2D eigenvalue weighted by Gasteiger charge is 2.18. The molecule has 13 heavy (non-hydrogen) atoms. The van der Waals surface area contributed by atoms with E-state index in [0.29, 0.717) is 0 Å². The molecule has 4 nitrogen and oxygen atoms in total. The quantitative estimate of drug-likeness (QED) is 0.528. The molecule has 1 heterocycles. The van der Waals surface area contributed by atoms with E-state index in [9.17, 15) is 4.79 Å². The summed E-state index contributed by atoms with van der Waals surface area (Å²) in [6.45, 7) is 4.56. The molecule has 0 aliphatic carbocycles. The van der Waals surface area contributed by atoms with E-state index in [-0.39, 0.29) is 11.8 Å². The van der Waals surface area contributed by atoms with Crippen molar-refractivity contribution in [2.75, 3.05) is 26.7 Å². The summed E-state index contributed by atoms with van der Waals surface area (Å²) in [6, 6.07) is 0. The number of nitrogens with two attached hydrogens (primary N) is 1. The predicted octanol–water partition coefficient (Wildman–Crippen LogP) is -0.303. The summed E-state index contributed by atoms with van der Waals surface area (Å²) in [5.41, 5.74) is 4.85. The number of hydrogen-bond acceptors (Lipinski definition) is 3. The Bertz CT molecular complexity index is 133. The van der Waals surface area contributed by atoms with Crippen LogP contribution >= 0.6 is 0 Å². The molecule has 1 aliphatic rings. The lowest BCUT2D eigenvalue weighted by Gasteiger charge is -2.20. The van der Waals surface area contributed by atoms with Gasteiger partial charge in [0.05, 0.1) is 5.92 Å². The van der Waals surface area contributed by atoms with Gasteiger partial charge in [-0.3, -0.25) is 4.79 Å². The molecule has 1 aliphatic heterocycles. The Labute approximate surface area is 80.3 Å². The molecule has 4 heteroatoms. The van der Waals surface area contributed by atoms with Crippen LogP contribution in [0.2, 0.25) is 0 Å². The molecule has 1 amide bonds. The fourth-order valence-corrected chi connectivity index (χ4v) is 1.28. The summed E-state index contributed by atoms with van der Waals surface area (Å²) in [5, 5.41) is 5.84. The number of carbonyl (C=O) groups is 1. The first kappa shape index (κ1) is 12.4. The number of piperidine rings is 1. The minimum absolute atomic E-state index is 0.173. The molecule has 0 radical (unpaired) electrons. The Morgan fingerprint density at radius 3 is 2.69 bits per heavy atom. The number of rotatable bonds is 1. The highest BCUT2D eigenvalue weighted by Crippen LogP contribution is 2.08. The van der Waals surface area contributed by atoms with Crippen LogP contribution in [-0.2, 0) is 4.79 Å². The van der Waals surface area contributed by atoms with E-state index in [1.165, 1.54) is 0 Å². The van der Waals surface area contributed by atoms with E-state index in [4.69, 9.17) is 5.73 Å². The predicted molar refractivity (Wildman–Crippen MR) is 54.4 cm³/mol. The van der Waals surface area contributed by atoms with Gasteiger partial charge in [0.1, 0.15) is 0 Å². The average molecular weight is 187 g/mol. The normalized spacial score (nSPS) is 21.3. The molecule has 0 aromatic carbocycles. The monoisotopic (exact) mass is 187 g/mol. The zero-order valence-corrected chi connectivity index (χ0v) is 8.60. The van der Waals surface area contributed by atoms with Crippen LogP contribution in [0, 0.1) is 5.92 Å². The first-order valence-corrected chi connectivity index (χ1v) is 4.88. The second-order valence-corrected chi connectivity index (χ2v) is 3.07. The van der Waals surface area contributed by atoms with Crippen molar-refractivity contribution in [3.05, 3.63) is 0 Å². The van der Waals surface area contributed by atoms with Crippen LogP contribution in [0.4, 0.5) is 0 Å². The third kappa shape index (κ3) is 5.60. The Morgan fingerprint density at radius 1 is 1.69 bits per heavy atom. The van der Waals surface area contributed by atoms with Gasteiger partial charge in [-0.1, -0.05) is 6.92 Å². The molecule has 1 atom stereocenters. The summed E-state index contributed by atoms with van der Waals surface area (Å²) >= 11 is 0. The van der Waals surface area contributed by atoms with Gasteiger partial charge in [-0.2, -0.15) is 0 Å². The summed E-state index contributed by atoms with van der Waals surface area (Å²) in [4.78, 5) is 11.0. The van der Waals surface area contributed by atoms with E-state index >= 15 is 0 Å². The topological polar surface area (TPSA) is 67.1 Å². The third-order valence-electron chi connectivity index (χ3n) is 1.91. The van der Waals surface area contributed by atoms with Gasteiger partial charge in [-0.05, 0) is 25.9 Å². The van der Waals surface area contributed by atoms with Crippen molar-refractivity contribution < 1.29 is 4.79 Å². The van der Waals surface area contributed by atoms with Crippen LogP contribution in [0.15, 0.2) is 0 Å². The second kappa shape index (κ2) is 8.01. The molecule has 1 fully saturated rings. The smallest absolute Gasteiger partial charge is 0.224 e. The Balaban J connectivity index is 0.000000424. The number of carbonyl (C=O) groups excluding carboxylic acids is 1. The Morgan fingerprint density at radius 2 is 2.31 bits per heavy atom. The van der Waals surface area contributed by atoms with Crippen molar-refractivity contribution in [1.82, 2.24) is 10.6 Å². The third-order valence-corrected chi connectivity index (χ3v) is 1.91. The highest BCUT2D eigenvalue weighted by molar-refractivity contribution is 5.78. The van der Waals surface area contributed by atoms with E-state index < -0.39 is 0 Å². The summed E-state index contributed by atoms with van der Waals surface area (Å²) < 4.78 is 0. The van der Waals surface area contributed by atoms with Crippen LogP contribution in [0.5, 0.6) is 0 Å². The van der Waals surface area contributed by atoms with Gasteiger partial charge in [0.25, 0.3) is 0 Å². The lowest BCUT2D eigenvalue weighted by molar-refractivity contribution is -0.124. The molecule has 0 aromatic heterocycles. The van der Waals surface area contributed by atoms with Crippen molar-refractivity contribution in [2.24, 2.45) is 11.7 Å². The van der Waals surface area contributed by atoms with Crippen LogP contribution in [0.3, 0.4) is 0 Å². The molecular weight excluding hydrogens is 166 g/mol. The Kier molecular flexibility index (Phi) is 7.63. The van der Waals surface area contributed by atoms with Crippen molar-refractivity contribution in [2.45, 2.75) is 19.8 Å². The lowest BCUT2D eigenvalue weighted by Crippen LogP contribution is -2.39. The van der Waals surface area contributed by atoms with Gasteiger partial charge in [0.2, 0.25) is 5.91 Å². The first-order chi connectivity index (χ1) is 6.26. The highest BCUT2D eigenvalue weighted by atomic mass is 16.1. The largest absolute Gasteiger partial charge is 0.359 e. The van der Waals surface area contributed by atoms with Crippen LogP contribution in [0.25, 0.3) is 0 Å². The molecule has 0 saturated carbocycles. The molecule has 1 saturated heterocycles. The van der Waals surface area contributed by atoms with Crippen LogP contribution < -0.4 is 16.4 Å². The van der Waals surface area contributed by atoms with Gasteiger partial charge in [0.15, 0.2) is 0 Å². The lowest BCUT2D eigenvalue weighted by atomic mass is 9.99. The average Bonchev–Trinajstić information content (AvgIpc) is 2.19. The Hall–Kier alpha value is -0.610. The van der Waals surface area contributed by atoms with Gasteiger partial charge in [0, 0.05) is 13.6 Å². The minimum atomic E-state index is 0.173. The van der Waals surface area contributed by atoms with Crippen molar-refractivity contribution >= 4 is 5.91 Å². The maximum Gasteiger partial charge on any atom is 0.224 e. The summed E-state index contributed by atoms with van der Waals surface area (Å²) in [6.07, 6.45) is 2.16. The molecule has 78 valence electrons. The van der Waals surface area contributed by atoms with Gasteiger partial charge >= 0.3 is 0 Å². The van der Waals surface area contributed by atoms with Gasteiger partial charge in [-0.25, -0.2) is 0 Å². The standard InChI is InChI=1S/C7H14N2O.C2H7N/c1-8-7(10)6-3-2-4-9-5-6;1-2-3/h6,9H,2-5H2,1H3,(H,8,10);2-3H2,1H3. The van der Waals surface area contributed by atoms with Gasteiger partial charge < -0.3 is 16.4 Å². The van der Waals surface area contributed by atoms with E-state index in [2.05, 4.69) is 10.6 Å². The minimum Gasteiger partial charge on any atom is -0.359 e. The van der Waals surface area contributed by atoms with Crippen molar-refractivity contribution in [3.8, 4) is 0 Å². The maximum absolute atomic E-state index is 11.0. The SMILES string of the molecule is CCN.CNC(=O)C1CCCNC1. The van der Waals surface area contributed by atoms with Crippen molar-refractivity contribution in [1.29, 1.82) is 0 Å². The number of nitrogens with one attached hydrogen (secondary N) is 2. The van der Waals surface area contributed by atoms with Crippen LogP contribution in [0.1, 0.15) is 19.8 Å². The molecule has 0 bridgehead atoms. The first-order valence-electron chi connectivity index (χ1n) is 4.88. The molecule has 1 unspecified atom stereocenters. The number of amides is 1. The maximum atomic E-state index is 11.0. The van der Waals surface area contributed by atoms with Crippen molar-refractivity contribution in [3.63, 3.8) is 0 Å². The van der Waals surface area contributed by atoms with E-state index in [1.807, 2.05) is 6.92 Å². The van der Waals surface area contributed by atoms with Gasteiger partial charge in [-0.15, -0.1) is 0 Å².